The van der Waals surface area contributed by atoms with Crippen LogP contribution in [0.15, 0.2) is 24.3 Å². The summed E-state index contributed by atoms with van der Waals surface area (Å²) in [6.45, 7) is 5.19. The van der Waals surface area contributed by atoms with Crippen molar-refractivity contribution >= 4 is 11.7 Å². The van der Waals surface area contributed by atoms with Gasteiger partial charge < -0.3 is 10.0 Å². The molecule has 1 aromatic rings. The highest BCUT2D eigenvalue weighted by molar-refractivity contribution is 5.81. The lowest BCUT2D eigenvalue weighted by Crippen LogP contribution is -2.44. The van der Waals surface area contributed by atoms with Crippen molar-refractivity contribution in [2.24, 2.45) is 5.92 Å². The molecule has 3 rings (SSSR count). The Labute approximate surface area is 107 Å². The molecule has 1 N–H and O–H groups in total. The van der Waals surface area contributed by atoms with E-state index in [4.69, 9.17) is 0 Å². The number of benzene rings is 1. The molecule has 1 atom stereocenters. The normalized spacial score (nSPS) is 22.7. The topological polar surface area (TPSA) is 40.5 Å². The molecule has 1 aliphatic carbocycles. The van der Waals surface area contributed by atoms with E-state index in [0.29, 0.717) is 5.92 Å². The van der Waals surface area contributed by atoms with Gasteiger partial charge in [0, 0.05) is 17.6 Å². The summed E-state index contributed by atoms with van der Waals surface area (Å²) in [7, 11) is 0. The Hall–Kier alpha value is -1.51. The zero-order valence-corrected chi connectivity index (χ0v) is 10.9. The number of para-hydroxylation sites is 1. The summed E-state index contributed by atoms with van der Waals surface area (Å²) in [5, 5.41) is 9.50. The zero-order chi connectivity index (χ0) is 12.9. The Kier molecular flexibility index (Phi) is 2.40. The molecule has 1 aromatic carbocycles. The van der Waals surface area contributed by atoms with Gasteiger partial charge in [0.1, 0.15) is 6.04 Å². The first-order valence-electron chi connectivity index (χ1n) is 6.60. The van der Waals surface area contributed by atoms with Crippen LogP contribution in [-0.2, 0) is 10.2 Å². The molecule has 0 saturated heterocycles. The van der Waals surface area contributed by atoms with E-state index < -0.39 is 5.97 Å². The third-order valence-electron chi connectivity index (χ3n) is 4.17. The summed E-state index contributed by atoms with van der Waals surface area (Å²) in [5.41, 5.74) is 2.43. The summed E-state index contributed by atoms with van der Waals surface area (Å²) in [5.74, 6) is -0.338. The molecule has 96 valence electrons. The second kappa shape index (κ2) is 3.74. The fourth-order valence-electron chi connectivity index (χ4n) is 3.14. The zero-order valence-electron chi connectivity index (χ0n) is 10.9. The lowest BCUT2D eigenvalue weighted by atomic mass is 9.87. The van der Waals surface area contributed by atoms with Crippen molar-refractivity contribution in [2.75, 3.05) is 11.4 Å². The van der Waals surface area contributed by atoms with E-state index in [-0.39, 0.29) is 11.5 Å². The molecule has 3 nitrogen and oxygen atoms in total. The standard InChI is InChI=1S/C15H19NO2/c1-15(2)9-16(12-6-4-3-5-11(12)15)13(14(17)18)10-7-8-10/h3-6,10,13H,7-9H2,1-2H3,(H,17,18). The number of anilines is 1. The first-order valence-corrected chi connectivity index (χ1v) is 6.60. The Morgan fingerprint density at radius 3 is 2.67 bits per heavy atom. The fourth-order valence-corrected chi connectivity index (χ4v) is 3.14. The van der Waals surface area contributed by atoms with Crippen molar-refractivity contribution in [2.45, 2.75) is 38.1 Å². The van der Waals surface area contributed by atoms with Crippen LogP contribution in [0.25, 0.3) is 0 Å². The summed E-state index contributed by atoms with van der Waals surface area (Å²) in [4.78, 5) is 13.7. The van der Waals surface area contributed by atoms with Crippen molar-refractivity contribution in [1.29, 1.82) is 0 Å². The van der Waals surface area contributed by atoms with E-state index in [1.807, 2.05) is 12.1 Å². The molecule has 0 amide bonds. The van der Waals surface area contributed by atoms with Gasteiger partial charge in [-0.25, -0.2) is 4.79 Å². The van der Waals surface area contributed by atoms with Crippen LogP contribution in [0.2, 0.25) is 0 Å². The van der Waals surface area contributed by atoms with Crippen LogP contribution in [0.3, 0.4) is 0 Å². The maximum atomic E-state index is 11.5. The lowest BCUT2D eigenvalue weighted by Gasteiger charge is -2.28. The maximum absolute atomic E-state index is 11.5. The van der Waals surface area contributed by atoms with Gasteiger partial charge in [0.2, 0.25) is 0 Å². The van der Waals surface area contributed by atoms with E-state index in [2.05, 4.69) is 30.9 Å². The Morgan fingerprint density at radius 2 is 2.06 bits per heavy atom. The van der Waals surface area contributed by atoms with Gasteiger partial charge in [-0.15, -0.1) is 0 Å². The summed E-state index contributed by atoms with van der Waals surface area (Å²) >= 11 is 0. The molecule has 18 heavy (non-hydrogen) atoms. The van der Waals surface area contributed by atoms with E-state index in [9.17, 15) is 9.90 Å². The number of carbonyl (C=O) groups is 1. The van der Waals surface area contributed by atoms with E-state index in [0.717, 1.165) is 25.1 Å². The second-order valence-electron chi connectivity index (χ2n) is 6.15. The number of carboxylic acid groups (broad SMARTS) is 1. The molecular weight excluding hydrogens is 226 g/mol. The SMILES string of the molecule is CC1(C)CN(C(C(=O)O)C2CC2)c2ccccc21. The van der Waals surface area contributed by atoms with Crippen LogP contribution in [0.4, 0.5) is 5.69 Å². The van der Waals surface area contributed by atoms with Gasteiger partial charge in [0.05, 0.1) is 0 Å². The molecule has 0 aromatic heterocycles. The Bertz CT molecular complexity index is 491. The van der Waals surface area contributed by atoms with Crippen molar-refractivity contribution in [3.63, 3.8) is 0 Å². The molecule has 3 heteroatoms. The average molecular weight is 245 g/mol. The van der Waals surface area contributed by atoms with Crippen molar-refractivity contribution in [1.82, 2.24) is 0 Å². The molecule has 0 bridgehead atoms. The molecule has 0 spiro atoms. The van der Waals surface area contributed by atoms with Gasteiger partial charge in [-0.1, -0.05) is 32.0 Å². The molecular formula is C15H19NO2. The molecule has 1 heterocycles. The minimum atomic E-state index is -0.676. The highest BCUT2D eigenvalue weighted by Gasteiger charge is 2.46. The second-order valence-corrected chi connectivity index (χ2v) is 6.15. The van der Waals surface area contributed by atoms with Gasteiger partial charge in [0.15, 0.2) is 0 Å². The monoisotopic (exact) mass is 245 g/mol. The highest BCUT2D eigenvalue weighted by atomic mass is 16.4. The summed E-state index contributed by atoms with van der Waals surface area (Å²) < 4.78 is 0. The van der Waals surface area contributed by atoms with Crippen molar-refractivity contribution in [3.8, 4) is 0 Å². The largest absolute Gasteiger partial charge is 0.480 e. The Balaban J connectivity index is 2.02. The fraction of sp³-hybridized carbons (Fsp3) is 0.533. The van der Waals surface area contributed by atoms with Gasteiger partial charge in [-0.3, -0.25) is 0 Å². The van der Waals surface area contributed by atoms with E-state index >= 15 is 0 Å². The lowest BCUT2D eigenvalue weighted by molar-refractivity contribution is -0.139. The molecule has 1 fully saturated rings. The third kappa shape index (κ3) is 1.69. The first-order chi connectivity index (χ1) is 8.50. The molecule has 2 aliphatic rings. The van der Waals surface area contributed by atoms with Crippen LogP contribution in [0, 0.1) is 5.92 Å². The van der Waals surface area contributed by atoms with Gasteiger partial charge in [0.25, 0.3) is 0 Å². The molecule has 1 aliphatic heterocycles. The number of nitrogens with zero attached hydrogens (tertiary/aromatic N) is 1. The summed E-state index contributed by atoms with van der Waals surface area (Å²) in [6, 6.07) is 7.88. The van der Waals surface area contributed by atoms with Crippen molar-refractivity contribution in [3.05, 3.63) is 29.8 Å². The van der Waals surface area contributed by atoms with Crippen LogP contribution >= 0.6 is 0 Å². The highest BCUT2D eigenvalue weighted by Crippen LogP contribution is 2.45. The van der Waals surface area contributed by atoms with Gasteiger partial charge >= 0.3 is 5.97 Å². The number of fused-ring (bicyclic) bond motifs is 1. The number of aliphatic carboxylic acids is 1. The Morgan fingerprint density at radius 1 is 1.39 bits per heavy atom. The quantitative estimate of drug-likeness (QED) is 0.890. The number of carboxylic acids is 1. The third-order valence-corrected chi connectivity index (χ3v) is 4.17. The molecule has 0 radical (unpaired) electrons. The number of hydrogen-bond donors (Lipinski definition) is 1. The first kappa shape index (κ1) is 11.6. The maximum Gasteiger partial charge on any atom is 0.326 e. The summed E-state index contributed by atoms with van der Waals surface area (Å²) in [6.07, 6.45) is 2.10. The van der Waals surface area contributed by atoms with Gasteiger partial charge in [-0.05, 0) is 30.4 Å². The van der Waals surface area contributed by atoms with Crippen LogP contribution in [0.5, 0.6) is 0 Å². The van der Waals surface area contributed by atoms with Crippen LogP contribution < -0.4 is 4.90 Å². The average Bonchev–Trinajstić information content (AvgIpc) is 3.08. The smallest absolute Gasteiger partial charge is 0.326 e. The van der Waals surface area contributed by atoms with Crippen LogP contribution in [-0.4, -0.2) is 23.7 Å². The predicted octanol–water partition coefficient (Wildman–Crippen LogP) is 2.65. The minimum Gasteiger partial charge on any atom is -0.480 e. The minimum absolute atomic E-state index is 0.0409. The van der Waals surface area contributed by atoms with E-state index in [1.165, 1.54) is 5.56 Å². The number of hydrogen-bond acceptors (Lipinski definition) is 2. The van der Waals surface area contributed by atoms with Crippen molar-refractivity contribution < 1.29 is 9.90 Å². The number of rotatable bonds is 3. The van der Waals surface area contributed by atoms with Gasteiger partial charge in [-0.2, -0.15) is 0 Å². The predicted molar refractivity (Wildman–Crippen MR) is 71.0 cm³/mol. The molecule has 1 unspecified atom stereocenters. The van der Waals surface area contributed by atoms with E-state index in [1.54, 1.807) is 0 Å². The van der Waals surface area contributed by atoms with Crippen LogP contribution in [0.1, 0.15) is 32.3 Å². The molecule has 1 saturated carbocycles.